The molecule has 0 saturated heterocycles. The highest BCUT2D eigenvalue weighted by Crippen LogP contribution is 2.37. The summed E-state index contributed by atoms with van der Waals surface area (Å²) in [7, 11) is 4.00. The third-order valence-electron chi connectivity index (χ3n) is 4.10. The van der Waals surface area contributed by atoms with Gasteiger partial charge in [0.15, 0.2) is 0 Å². The fourth-order valence-electron chi connectivity index (χ4n) is 2.60. The predicted molar refractivity (Wildman–Crippen MR) is 76.0 cm³/mol. The van der Waals surface area contributed by atoms with Gasteiger partial charge in [0, 0.05) is 20.1 Å². The minimum Gasteiger partial charge on any atom is -0.372 e. The van der Waals surface area contributed by atoms with Gasteiger partial charge in [0.05, 0.1) is 12.4 Å². The van der Waals surface area contributed by atoms with Crippen LogP contribution in [-0.4, -0.2) is 30.1 Å². The van der Waals surface area contributed by atoms with Crippen molar-refractivity contribution in [3.8, 4) is 0 Å². The molecule has 2 rings (SSSR count). The van der Waals surface area contributed by atoms with E-state index in [4.69, 9.17) is 0 Å². The van der Waals surface area contributed by atoms with Crippen LogP contribution in [0.15, 0.2) is 12.4 Å². The normalized spacial score (nSPS) is 19.6. The van der Waals surface area contributed by atoms with E-state index in [0.717, 1.165) is 11.6 Å². The summed E-state index contributed by atoms with van der Waals surface area (Å²) in [6, 6.07) is 0.597. The molecule has 1 aromatic rings. The molecule has 1 aromatic heterocycles. The second-order valence-corrected chi connectivity index (χ2v) is 6.02. The Labute approximate surface area is 110 Å². The maximum Gasteiger partial charge on any atom is 0.149 e. The van der Waals surface area contributed by atoms with Gasteiger partial charge in [-0.1, -0.05) is 13.8 Å². The van der Waals surface area contributed by atoms with Crippen molar-refractivity contribution in [3.05, 3.63) is 12.4 Å². The van der Waals surface area contributed by atoms with E-state index in [1.807, 2.05) is 13.2 Å². The van der Waals surface area contributed by atoms with Crippen molar-refractivity contribution in [2.24, 2.45) is 5.41 Å². The van der Waals surface area contributed by atoms with Crippen LogP contribution >= 0.6 is 0 Å². The van der Waals surface area contributed by atoms with E-state index in [2.05, 4.69) is 41.1 Å². The van der Waals surface area contributed by atoms with Crippen molar-refractivity contribution in [1.82, 2.24) is 9.97 Å². The molecule has 1 saturated carbocycles. The van der Waals surface area contributed by atoms with E-state index in [9.17, 15) is 0 Å². The Bertz CT molecular complexity index is 393. The number of hydrogen-bond donors (Lipinski definition) is 1. The van der Waals surface area contributed by atoms with Crippen LogP contribution in [0.2, 0.25) is 0 Å². The van der Waals surface area contributed by atoms with Gasteiger partial charge in [-0.15, -0.1) is 0 Å². The summed E-state index contributed by atoms with van der Waals surface area (Å²) >= 11 is 0. The molecule has 0 radical (unpaired) electrons. The Morgan fingerprint density at radius 2 is 1.94 bits per heavy atom. The zero-order valence-corrected chi connectivity index (χ0v) is 11.9. The minimum absolute atomic E-state index is 0.510. The number of aromatic nitrogens is 2. The first kappa shape index (κ1) is 13.1. The molecule has 0 unspecified atom stereocenters. The van der Waals surface area contributed by atoms with Crippen LogP contribution in [0, 0.1) is 5.41 Å². The fourth-order valence-corrected chi connectivity index (χ4v) is 2.60. The van der Waals surface area contributed by atoms with Gasteiger partial charge >= 0.3 is 0 Å². The van der Waals surface area contributed by atoms with Gasteiger partial charge < -0.3 is 10.2 Å². The van der Waals surface area contributed by atoms with Crippen molar-refractivity contribution in [2.75, 3.05) is 24.3 Å². The molecule has 4 heteroatoms. The number of nitrogens with zero attached hydrogens (tertiary/aromatic N) is 3. The van der Waals surface area contributed by atoms with Crippen molar-refractivity contribution in [2.45, 2.75) is 45.6 Å². The van der Waals surface area contributed by atoms with Crippen LogP contribution < -0.4 is 10.2 Å². The van der Waals surface area contributed by atoms with E-state index < -0.39 is 0 Å². The SMILES string of the molecule is CNc1cncc(N(C)C2CCC(C)(C)CC2)n1. The maximum atomic E-state index is 4.56. The first-order chi connectivity index (χ1) is 8.52. The largest absolute Gasteiger partial charge is 0.372 e. The number of hydrogen-bond acceptors (Lipinski definition) is 4. The lowest BCUT2D eigenvalue weighted by Crippen LogP contribution is -2.37. The molecule has 0 aliphatic heterocycles. The lowest BCUT2D eigenvalue weighted by molar-refractivity contribution is 0.222. The lowest BCUT2D eigenvalue weighted by atomic mass is 9.75. The van der Waals surface area contributed by atoms with Gasteiger partial charge in [0.2, 0.25) is 0 Å². The molecule has 1 heterocycles. The quantitative estimate of drug-likeness (QED) is 0.893. The molecule has 1 fully saturated rings. The fraction of sp³-hybridized carbons (Fsp3) is 0.714. The van der Waals surface area contributed by atoms with Gasteiger partial charge in [0.25, 0.3) is 0 Å². The molecule has 0 amide bonds. The molecule has 0 aromatic carbocycles. The number of rotatable bonds is 3. The van der Waals surface area contributed by atoms with Crippen LogP contribution in [0.25, 0.3) is 0 Å². The van der Waals surface area contributed by atoms with E-state index >= 15 is 0 Å². The second kappa shape index (κ2) is 5.12. The van der Waals surface area contributed by atoms with E-state index in [0.29, 0.717) is 11.5 Å². The lowest BCUT2D eigenvalue weighted by Gasteiger charge is -2.39. The molecule has 0 atom stereocenters. The number of nitrogens with one attached hydrogen (secondary N) is 1. The van der Waals surface area contributed by atoms with Gasteiger partial charge in [-0.3, -0.25) is 4.98 Å². The summed E-state index contributed by atoms with van der Waals surface area (Å²) in [5, 5.41) is 3.04. The van der Waals surface area contributed by atoms with Gasteiger partial charge in [-0.2, -0.15) is 0 Å². The average molecular weight is 248 g/mol. The standard InChI is InChI=1S/C14H24N4/c1-14(2)7-5-11(6-8-14)18(4)13-10-16-9-12(15-3)17-13/h9-11H,5-8H2,1-4H3,(H,15,17). The highest BCUT2D eigenvalue weighted by Gasteiger charge is 2.29. The first-order valence-corrected chi connectivity index (χ1v) is 6.74. The van der Waals surface area contributed by atoms with Crippen molar-refractivity contribution in [1.29, 1.82) is 0 Å². The topological polar surface area (TPSA) is 41.1 Å². The highest BCUT2D eigenvalue weighted by atomic mass is 15.2. The Morgan fingerprint density at radius 1 is 1.28 bits per heavy atom. The molecular weight excluding hydrogens is 224 g/mol. The smallest absolute Gasteiger partial charge is 0.149 e. The molecule has 0 spiro atoms. The highest BCUT2D eigenvalue weighted by molar-refractivity contribution is 5.43. The Morgan fingerprint density at radius 3 is 2.56 bits per heavy atom. The molecule has 4 nitrogen and oxygen atoms in total. The van der Waals surface area contributed by atoms with E-state index in [1.54, 1.807) is 6.20 Å². The van der Waals surface area contributed by atoms with Gasteiger partial charge in [-0.05, 0) is 31.1 Å². The summed E-state index contributed by atoms with van der Waals surface area (Å²) in [6.07, 6.45) is 8.67. The third kappa shape index (κ3) is 2.92. The Kier molecular flexibility index (Phi) is 3.73. The van der Waals surface area contributed by atoms with Gasteiger partial charge in [0.1, 0.15) is 11.6 Å². The van der Waals surface area contributed by atoms with E-state index in [-0.39, 0.29) is 0 Å². The zero-order valence-electron chi connectivity index (χ0n) is 11.9. The van der Waals surface area contributed by atoms with Crippen LogP contribution in [0.3, 0.4) is 0 Å². The zero-order chi connectivity index (χ0) is 13.2. The molecule has 18 heavy (non-hydrogen) atoms. The summed E-state index contributed by atoms with van der Waals surface area (Å²) in [5.74, 6) is 1.79. The molecule has 1 aliphatic rings. The first-order valence-electron chi connectivity index (χ1n) is 6.74. The van der Waals surface area contributed by atoms with Crippen LogP contribution in [-0.2, 0) is 0 Å². The Hall–Kier alpha value is -1.32. The van der Waals surface area contributed by atoms with E-state index in [1.165, 1.54) is 25.7 Å². The van der Waals surface area contributed by atoms with Gasteiger partial charge in [-0.25, -0.2) is 4.98 Å². The summed E-state index contributed by atoms with van der Waals surface area (Å²) in [4.78, 5) is 11.1. The summed E-state index contributed by atoms with van der Waals surface area (Å²) in [6.45, 7) is 4.73. The second-order valence-electron chi connectivity index (χ2n) is 6.02. The number of anilines is 2. The monoisotopic (exact) mass is 248 g/mol. The van der Waals surface area contributed by atoms with Crippen molar-refractivity contribution >= 4 is 11.6 Å². The molecule has 0 bridgehead atoms. The predicted octanol–water partition coefficient (Wildman–Crippen LogP) is 2.92. The van der Waals surface area contributed by atoms with Crippen LogP contribution in [0.1, 0.15) is 39.5 Å². The third-order valence-corrected chi connectivity index (χ3v) is 4.10. The minimum atomic E-state index is 0.510. The summed E-state index contributed by atoms with van der Waals surface area (Å²) in [5.41, 5.74) is 0.510. The molecule has 1 aliphatic carbocycles. The molecule has 100 valence electrons. The summed E-state index contributed by atoms with van der Waals surface area (Å²) < 4.78 is 0. The average Bonchev–Trinajstić information content (AvgIpc) is 2.38. The van der Waals surface area contributed by atoms with Crippen molar-refractivity contribution < 1.29 is 0 Å². The van der Waals surface area contributed by atoms with Crippen molar-refractivity contribution in [3.63, 3.8) is 0 Å². The van der Waals surface area contributed by atoms with Crippen LogP contribution in [0.5, 0.6) is 0 Å². The molecular formula is C14H24N4. The Balaban J connectivity index is 2.05. The maximum absolute atomic E-state index is 4.56. The molecule has 1 N–H and O–H groups in total. The van der Waals surface area contributed by atoms with Crippen LogP contribution in [0.4, 0.5) is 11.6 Å².